The van der Waals surface area contributed by atoms with Crippen LogP contribution in [-0.2, 0) is 10.0 Å². The molecule has 0 aliphatic heterocycles. The molecule has 0 radical (unpaired) electrons. The first-order valence-corrected chi connectivity index (χ1v) is 12.4. The van der Waals surface area contributed by atoms with Gasteiger partial charge in [-0.2, -0.15) is 0 Å². The number of hydrogen-bond acceptors (Lipinski definition) is 6. The monoisotopic (exact) mass is 525 g/mol. The molecule has 0 spiro atoms. The van der Waals surface area contributed by atoms with Gasteiger partial charge in [-0.1, -0.05) is 35.0 Å². The summed E-state index contributed by atoms with van der Waals surface area (Å²) in [6.45, 7) is 0. The SMILES string of the molecule is COc1cc(-c2cccc(Cl)c2F)ccc1-n1c(=O)ccc2cc(S(=O)(=O)Nc3ccon3)ccc21. The Kier molecular flexibility index (Phi) is 5.99. The number of halogens is 2. The maximum absolute atomic E-state index is 14.6. The zero-order chi connectivity index (χ0) is 25.4. The molecular formula is C25H17ClFN3O5S. The van der Waals surface area contributed by atoms with Crippen molar-refractivity contribution in [3.8, 4) is 22.6 Å². The van der Waals surface area contributed by atoms with Crippen LogP contribution in [0.15, 0.2) is 93.3 Å². The molecule has 0 atom stereocenters. The van der Waals surface area contributed by atoms with Crippen LogP contribution >= 0.6 is 11.6 Å². The van der Waals surface area contributed by atoms with Crippen molar-refractivity contribution in [1.29, 1.82) is 0 Å². The Morgan fingerprint density at radius 2 is 1.89 bits per heavy atom. The van der Waals surface area contributed by atoms with Crippen molar-refractivity contribution in [2.75, 3.05) is 11.8 Å². The highest BCUT2D eigenvalue weighted by Gasteiger charge is 2.19. The van der Waals surface area contributed by atoms with E-state index >= 15 is 0 Å². The van der Waals surface area contributed by atoms with E-state index in [1.54, 1.807) is 30.3 Å². The van der Waals surface area contributed by atoms with Gasteiger partial charge in [-0.3, -0.25) is 14.1 Å². The van der Waals surface area contributed by atoms with E-state index in [0.29, 0.717) is 27.9 Å². The molecule has 2 aromatic heterocycles. The number of ether oxygens (including phenoxy) is 1. The number of sulfonamides is 1. The van der Waals surface area contributed by atoms with E-state index in [1.165, 1.54) is 60.4 Å². The van der Waals surface area contributed by atoms with E-state index in [9.17, 15) is 17.6 Å². The van der Waals surface area contributed by atoms with E-state index in [4.69, 9.17) is 16.3 Å². The van der Waals surface area contributed by atoms with Crippen LogP contribution in [0.2, 0.25) is 5.02 Å². The van der Waals surface area contributed by atoms with Gasteiger partial charge in [-0.05, 0) is 48.0 Å². The standard InChI is InChI=1S/C25H17ClFN3O5S/c1-34-22-14-15(18-3-2-4-19(26)25(18)27)5-8-21(22)30-20-9-7-17(13-16(20)6-10-24(30)31)36(32,33)29-23-11-12-35-28-23/h2-14H,1H3,(H,28,29). The van der Waals surface area contributed by atoms with Crippen molar-refractivity contribution in [3.63, 3.8) is 0 Å². The number of nitrogens with zero attached hydrogens (tertiary/aromatic N) is 2. The normalized spacial score (nSPS) is 11.5. The smallest absolute Gasteiger partial charge is 0.263 e. The Bertz CT molecular complexity index is 1770. The topological polar surface area (TPSA) is 103 Å². The van der Waals surface area contributed by atoms with Gasteiger partial charge in [0.1, 0.15) is 17.8 Å². The van der Waals surface area contributed by atoms with Crippen molar-refractivity contribution in [2.24, 2.45) is 0 Å². The molecule has 0 amide bonds. The average Bonchev–Trinajstić information content (AvgIpc) is 3.37. The van der Waals surface area contributed by atoms with Gasteiger partial charge >= 0.3 is 0 Å². The highest BCUT2D eigenvalue weighted by Crippen LogP contribution is 2.34. The highest BCUT2D eigenvalue weighted by molar-refractivity contribution is 7.92. The molecule has 2 heterocycles. The molecule has 1 N–H and O–H groups in total. The van der Waals surface area contributed by atoms with Gasteiger partial charge in [0.15, 0.2) is 5.82 Å². The van der Waals surface area contributed by atoms with Gasteiger partial charge in [0.2, 0.25) is 0 Å². The molecular weight excluding hydrogens is 509 g/mol. The maximum atomic E-state index is 14.6. The molecule has 8 nitrogen and oxygen atoms in total. The zero-order valence-corrected chi connectivity index (χ0v) is 20.2. The minimum atomic E-state index is -3.95. The van der Waals surface area contributed by atoms with Gasteiger partial charge in [0.25, 0.3) is 15.6 Å². The summed E-state index contributed by atoms with van der Waals surface area (Å²) in [7, 11) is -2.51. The predicted octanol–water partition coefficient (Wildman–Crippen LogP) is 5.25. The fraction of sp³-hybridized carbons (Fsp3) is 0.0400. The van der Waals surface area contributed by atoms with Crippen LogP contribution in [-0.4, -0.2) is 25.3 Å². The van der Waals surface area contributed by atoms with Crippen molar-refractivity contribution in [1.82, 2.24) is 9.72 Å². The first-order chi connectivity index (χ1) is 17.3. The second kappa shape index (κ2) is 9.14. The Morgan fingerprint density at radius 1 is 1.06 bits per heavy atom. The number of rotatable bonds is 6. The molecule has 0 aliphatic rings. The number of nitrogens with one attached hydrogen (secondary N) is 1. The van der Waals surface area contributed by atoms with Gasteiger partial charge in [-0.15, -0.1) is 0 Å². The number of benzene rings is 3. The van der Waals surface area contributed by atoms with Crippen LogP contribution < -0.4 is 15.0 Å². The second-order valence-corrected chi connectivity index (χ2v) is 9.80. The Labute approximate surface area is 209 Å². The number of aromatic nitrogens is 2. The zero-order valence-electron chi connectivity index (χ0n) is 18.6. The fourth-order valence-corrected chi connectivity index (χ4v) is 5.06. The third-order valence-electron chi connectivity index (χ3n) is 5.54. The minimum Gasteiger partial charge on any atom is -0.495 e. The quantitative estimate of drug-likeness (QED) is 0.325. The van der Waals surface area contributed by atoms with Crippen LogP contribution in [0.1, 0.15) is 0 Å². The second-order valence-electron chi connectivity index (χ2n) is 7.71. The third-order valence-corrected chi connectivity index (χ3v) is 7.18. The molecule has 0 fully saturated rings. The third kappa shape index (κ3) is 4.21. The first kappa shape index (κ1) is 23.6. The van der Waals surface area contributed by atoms with Crippen LogP contribution in [0.25, 0.3) is 27.7 Å². The number of methoxy groups -OCH3 is 1. The Hall–Kier alpha value is -4.15. The number of anilines is 1. The molecule has 36 heavy (non-hydrogen) atoms. The number of hydrogen-bond donors (Lipinski definition) is 1. The summed E-state index contributed by atoms with van der Waals surface area (Å²) < 4.78 is 54.0. The number of pyridine rings is 1. The van der Waals surface area contributed by atoms with E-state index in [0.717, 1.165) is 0 Å². The lowest BCUT2D eigenvalue weighted by Gasteiger charge is -2.16. The first-order valence-electron chi connectivity index (χ1n) is 10.5. The van der Waals surface area contributed by atoms with E-state index in [2.05, 4.69) is 14.4 Å². The summed E-state index contributed by atoms with van der Waals surface area (Å²) in [4.78, 5) is 12.9. The largest absolute Gasteiger partial charge is 0.495 e. The summed E-state index contributed by atoms with van der Waals surface area (Å²) >= 11 is 5.93. The average molecular weight is 526 g/mol. The fourth-order valence-electron chi connectivity index (χ4n) is 3.86. The molecule has 0 saturated carbocycles. The molecule has 5 aromatic rings. The van der Waals surface area contributed by atoms with E-state index < -0.39 is 15.8 Å². The van der Waals surface area contributed by atoms with Crippen molar-refractivity contribution in [3.05, 3.63) is 100 Å². The van der Waals surface area contributed by atoms with Crippen molar-refractivity contribution >= 4 is 38.3 Å². The summed E-state index contributed by atoms with van der Waals surface area (Å²) in [6, 6.07) is 18.2. The number of fused-ring (bicyclic) bond motifs is 1. The van der Waals surface area contributed by atoms with E-state index in [1.807, 2.05) is 0 Å². The molecule has 0 saturated heterocycles. The molecule has 182 valence electrons. The summed E-state index contributed by atoms with van der Waals surface area (Å²) in [5, 5.41) is 4.04. The predicted molar refractivity (Wildman–Crippen MR) is 134 cm³/mol. The van der Waals surface area contributed by atoms with Crippen LogP contribution in [0.5, 0.6) is 5.75 Å². The van der Waals surface area contributed by atoms with Gasteiger partial charge < -0.3 is 9.26 Å². The van der Waals surface area contributed by atoms with Crippen molar-refractivity contribution in [2.45, 2.75) is 4.90 Å². The molecule has 0 unspecified atom stereocenters. The molecule has 0 aliphatic carbocycles. The Morgan fingerprint density at radius 3 is 2.64 bits per heavy atom. The van der Waals surface area contributed by atoms with Crippen LogP contribution in [0.4, 0.5) is 10.2 Å². The van der Waals surface area contributed by atoms with E-state index in [-0.39, 0.29) is 26.9 Å². The van der Waals surface area contributed by atoms with Gasteiger partial charge in [-0.25, -0.2) is 12.8 Å². The summed E-state index contributed by atoms with van der Waals surface area (Å²) in [6.07, 6.45) is 1.25. The summed E-state index contributed by atoms with van der Waals surface area (Å²) in [5.41, 5.74) is 1.28. The molecule has 3 aromatic carbocycles. The van der Waals surface area contributed by atoms with Gasteiger partial charge in [0, 0.05) is 23.1 Å². The lowest BCUT2D eigenvalue weighted by Crippen LogP contribution is -2.18. The highest BCUT2D eigenvalue weighted by atomic mass is 35.5. The molecule has 5 rings (SSSR count). The summed E-state index contributed by atoms with van der Waals surface area (Å²) in [5.74, 6) is -0.212. The Balaban J connectivity index is 1.62. The minimum absolute atomic E-state index is 0.00962. The lowest BCUT2D eigenvalue weighted by molar-refractivity contribution is 0.413. The maximum Gasteiger partial charge on any atom is 0.263 e. The van der Waals surface area contributed by atoms with Gasteiger partial charge in [0.05, 0.1) is 28.2 Å². The van der Waals surface area contributed by atoms with Crippen LogP contribution in [0.3, 0.4) is 0 Å². The molecule has 11 heteroatoms. The van der Waals surface area contributed by atoms with Crippen molar-refractivity contribution < 1.29 is 22.1 Å². The molecule has 0 bridgehead atoms. The lowest BCUT2D eigenvalue weighted by atomic mass is 10.0. The van der Waals surface area contributed by atoms with Crippen LogP contribution in [0, 0.1) is 5.82 Å².